The highest BCUT2D eigenvalue weighted by Crippen LogP contribution is 2.27. The van der Waals surface area contributed by atoms with Gasteiger partial charge in [0.25, 0.3) is 0 Å². The van der Waals surface area contributed by atoms with Crippen molar-refractivity contribution < 1.29 is 4.74 Å². The van der Waals surface area contributed by atoms with Gasteiger partial charge in [-0.05, 0) is 29.3 Å². The molecular formula is C20H18N4O. The Kier molecular flexibility index (Phi) is 4.04. The Labute approximate surface area is 145 Å². The lowest BCUT2D eigenvalue weighted by molar-refractivity contribution is 0.415. The van der Waals surface area contributed by atoms with E-state index in [4.69, 9.17) is 9.72 Å². The monoisotopic (exact) mass is 330 g/mol. The first-order valence-electron chi connectivity index (χ1n) is 8.10. The van der Waals surface area contributed by atoms with Crippen molar-refractivity contribution in [3.8, 4) is 16.9 Å². The number of nitrogens with zero attached hydrogens (tertiary/aromatic N) is 3. The van der Waals surface area contributed by atoms with Crippen LogP contribution in [0.25, 0.3) is 16.8 Å². The molecule has 2 aromatic heterocycles. The minimum absolute atomic E-state index is 0.729. The number of rotatable bonds is 5. The number of benzene rings is 2. The van der Waals surface area contributed by atoms with Gasteiger partial charge in [-0.1, -0.05) is 42.5 Å². The third-order valence-electron chi connectivity index (χ3n) is 4.07. The number of fused-ring (bicyclic) bond motifs is 1. The molecule has 0 aliphatic rings. The molecule has 0 bridgehead atoms. The number of ether oxygens (including phenoxy) is 1. The lowest BCUT2D eigenvalue weighted by Crippen LogP contribution is -2.02. The molecule has 0 radical (unpaired) electrons. The summed E-state index contributed by atoms with van der Waals surface area (Å²) in [4.78, 5) is 4.73. The number of anilines is 1. The van der Waals surface area contributed by atoms with Crippen molar-refractivity contribution in [1.82, 2.24) is 14.6 Å². The summed E-state index contributed by atoms with van der Waals surface area (Å²) in [6.07, 6.45) is 3.75. The van der Waals surface area contributed by atoms with E-state index in [1.807, 2.05) is 60.9 Å². The zero-order valence-corrected chi connectivity index (χ0v) is 13.9. The van der Waals surface area contributed by atoms with Crippen molar-refractivity contribution >= 4 is 11.5 Å². The van der Waals surface area contributed by atoms with Gasteiger partial charge < -0.3 is 10.1 Å². The van der Waals surface area contributed by atoms with Crippen LogP contribution in [0.15, 0.2) is 73.1 Å². The fourth-order valence-electron chi connectivity index (χ4n) is 2.75. The van der Waals surface area contributed by atoms with Crippen molar-refractivity contribution in [3.63, 3.8) is 0 Å². The normalized spacial score (nSPS) is 10.8. The molecule has 0 aliphatic heterocycles. The zero-order valence-electron chi connectivity index (χ0n) is 13.9. The first-order chi connectivity index (χ1) is 12.3. The number of aromatic nitrogens is 3. The van der Waals surface area contributed by atoms with E-state index in [2.05, 4.69) is 22.5 Å². The van der Waals surface area contributed by atoms with Crippen LogP contribution in [0.2, 0.25) is 0 Å². The summed E-state index contributed by atoms with van der Waals surface area (Å²) in [5.74, 6) is 1.64. The maximum absolute atomic E-state index is 5.32. The second kappa shape index (κ2) is 6.65. The highest BCUT2D eigenvalue weighted by atomic mass is 16.5. The van der Waals surface area contributed by atoms with Crippen LogP contribution in [-0.2, 0) is 6.54 Å². The Balaban J connectivity index is 1.65. The van der Waals surface area contributed by atoms with Crippen molar-refractivity contribution in [2.45, 2.75) is 6.54 Å². The van der Waals surface area contributed by atoms with Crippen molar-refractivity contribution in [2.75, 3.05) is 12.4 Å². The fraction of sp³-hybridized carbons (Fsp3) is 0.100. The molecule has 0 saturated carbocycles. The van der Waals surface area contributed by atoms with E-state index in [1.54, 1.807) is 11.6 Å². The molecule has 0 spiro atoms. The smallest absolute Gasteiger partial charge is 0.165 e. The number of hydrogen-bond donors (Lipinski definition) is 1. The van der Waals surface area contributed by atoms with Crippen LogP contribution in [0.4, 0.5) is 5.82 Å². The minimum atomic E-state index is 0.729. The average Bonchev–Trinajstić information content (AvgIpc) is 3.10. The van der Waals surface area contributed by atoms with Gasteiger partial charge >= 0.3 is 0 Å². The van der Waals surface area contributed by atoms with E-state index in [1.165, 1.54) is 5.56 Å². The summed E-state index contributed by atoms with van der Waals surface area (Å²) < 4.78 is 7.10. The van der Waals surface area contributed by atoms with E-state index < -0.39 is 0 Å². The molecule has 5 nitrogen and oxygen atoms in total. The Morgan fingerprint density at radius 1 is 1.04 bits per heavy atom. The molecule has 2 heterocycles. The molecule has 25 heavy (non-hydrogen) atoms. The van der Waals surface area contributed by atoms with Gasteiger partial charge in [0.1, 0.15) is 11.6 Å². The summed E-state index contributed by atoms with van der Waals surface area (Å²) >= 11 is 0. The maximum atomic E-state index is 5.32. The maximum Gasteiger partial charge on any atom is 0.165 e. The van der Waals surface area contributed by atoms with Gasteiger partial charge in [-0.15, -0.1) is 0 Å². The van der Waals surface area contributed by atoms with Crippen LogP contribution in [0.5, 0.6) is 5.75 Å². The lowest BCUT2D eigenvalue weighted by Gasteiger charge is -2.07. The third-order valence-corrected chi connectivity index (χ3v) is 4.07. The van der Waals surface area contributed by atoms with Crippen LogP contribution in [0.3, 0.4) is 0 Å². The van der Waals surface area contributed by atoms with Gasteiger partial charge in [-0.25, -0.2) is 9.50 Å². The molecule has 0 fully saturated rings. The average molecular weight is 330 g/mol. The van der Waals surface area contributed by atoms with E-state index >= 15 is 0 Å². The molecule has 0 aliphatic carbocycles. The van der Waals surface area contributed by atoms with Gasteiger partial charge in [0.2, 0.25) is 0 Å². The Morgan fingerprint density at radius 3 is 2.76 bits per heavy atom. The predicted octanol–water partition coefficient (Wildman–Crippen LogP) is 4.02. The second-order valence-corrected chi connectivity index (χ2v) is 5.71. The molecule has 4 rings (SSSR count). The van der Waals surface area contributed by atoms with E-state index in [-0.39, 0.29) is 0 Å². The van der Waals surface area contributed by atoms with E-state index in [0.717, 1.165) is 34.9 Å². The Morgan fingerprint density at radius 2 is 1.92 bits per heavy atom. The summed E-state index contributed by atoms with van der Waals surface area (Å²) in [7, 11) is 1.67. The zero-order chi connectivity index (χ0) is 17.1. The predicted molar refractivity (Wildman–Crippen MR) is 98.7 cm³/mol. The van der Waals surface area contributed by atoms with E-state index in [0.29, 0.717) is 0 Å². The second-order valence-electron chi connectivity index (χ2n) is 5.71. The lowest BCUT2D eigenvalue weighted by atomic mass is 10.1. The number of hydrogen-bond acceptors (Lipinski definition) is 4. The van der Waals surface area contributed by atoms with Crippen molar-refractivity contribution in [1.29, 1.82) is 0 Å². The Hall–Kier alpha value is -3.34. The highest BCUT2D eigenvalue weighted by molar-refractivity contribution is 5.78. The topological polar surface area (TPSA) is 51.5 Å². The SMILES string of the molecule is COc1cccc(-c2cnn3ccc(NCc4ccccc4)nc23)c1. The summed E-state index contributed by atoms with van der Waals surface area (Å²) in [5.41, 5.74) is 4.03. The van der Waals surface area contributed by atoms with Gasteiger partial charge in [0.05, 0.1) is 13.3 Å². The largest absolute Gasteiger partial charge is 0.497 e. The van der Waals surface area contributed by atoms with Gasteiger partial charge in [0.15, 0.2) is 5.65 Å². The minimum Gasteiger partial charge on any atom is -0.497 e. The van der Waals surface area contributed by atoms with Crippen LogP contribution in [-0.4, -0.2) is 21.7 Å². The number of nitrogens with one attached hydrogen (secondary N) is 1. The van der Waals surface area contributed by atoms with Crippen LogP contribution in [0.1, 0.15) is 5.56 Å². The van der Waals surface area contributed by atoms with Crippen molar-refractivity contribution in [2.24, 2.45) is 0 Å². The third kappa shape index (κ3) is 3.17. The molecule has 4 aromatic rings. The molecule has 124 valence electrons. The van der Waals surface area contributed by atoms with Gasteiger partial charge in [0, 0.05) is 18.3 Å². The standard InChI is InChI=1S/C20H18N4O/c1-25-17-9-5-8-16(12-17)18-14-22-24-11-10-19(23-20(18)24)21-13-15-6-3-2-4-7-15/h2-12,14H,13H2,1H3,(H,21,23). The molecule has 1 N–H and O–H groups in total. The molecule has 2 aromatic carbocycles. The first-order valence-corrected chi connectivity index (χ1v) is 8.10. The van der Waals surface area contributed by atoms with Gasteiger partial charge in [-0.3, -0.25) is 0 Å². The molecular weight excluding hydrogens is 312 g/mol. The summed E-state index contributed by atoms with van der Waals surface area (Å²) in [5, 5.41) is 7.76. The number of methoxy groups -OCH3 is 1. The quantitative estimate of drug-likeness (QED) is 0.600. The van der Waals surface area contributed by atoms with E-state index in [9.17, 15) is 0 Å². The summed E-state index contributed by atoms with van der Waals surface area (Å²) in [6.45, 7) is 0.729. The molecule has 5 heteroatoms. The van der Waals surface area contributed by atoms with Crippen LogP contribution >= 0.6 is 0 Å². The molecule has 0 amide bonds. The fourth-order valence-corrected chi connectivity index (χ4v) is 2.75. The van der Waals surface area contributed by atoms with Gasteiger partial charge in [-0.2, -0.15) is 5.10 Å². The summed E-state index contributed by atoms with van der Waals surface area (Å²) in [6, 6.07) is 20.1. The molecule has 0 saturated heterocycles. The Bertz CT molecular complexity index is 995. The highest BCUT2D eigenvalue weighted by Gasteiger charge is 2.09. The van der Waals surface area contributed by atoms with Crippen LogP contribution < -0.4 is 10.1 Å². The molecule has 0 unspecified atom stereocenters. The van der Waals surface area contributed by atoms with Crippen LogP contribution in [0, 0.1) is 0 Å². The first kappa shape index (κ1) is 15.2. The molecule has 0 atom stereocenters. The van der Waals surface area contributed by atoms with Crippen molar-refractivity contribution in [3.05, 3.63) is 78.6 Å².